The minimum Gasteiger partial charge on any atom is -0.396 e. The van der Waals surface area contributed by atoms with E-state index in [4.69, 9.17) is 5.11 Å². The number of hydrogen-bond acceptors (Lipinski definition) is 3. The second kappa shape index (κ2) is 5.12. The van der Waals surface area contributed by atoms with Crippen molar-refractivity contribution in [3.63, 3.8) is 0 Å². The van der Waals surface area contributed by atoms with Gasteiger partial charge in [0, 0.05) is 23.4 Å². The molecule has 0 aliphatic rings. The highest BCUT2D eigenvalue weighted by Crippen LogP contribution is 2.18. The Kier molecular flexibility index (Phi) is 4.07. The second-order valence-corrected chi connectivity index (χ2v) is 4.62. The fourth-order valence-corrected chi connectivity index (χ4v) is 1.52. The van der Waals surface area contributed by atoms with Gasteiger partial charge in [-0.2, -0.15) is 0 Å². The van der Waals surface area contributed by atoms with Gasteiger partial charge in [-0.3, -0.25) is 4.79 Å². The van der Waals surface area contributed by atoms with Crippen LogP contribution in [-0.2, 0) is 0 Å². The van der Waals surface area contributed by atoms with E-state index in [1.165, 1.54) is 0 Å². The number of Topliss-reactive ketones (excluding diaryl/α,β-unsaturated/α-hetero) is 1. The molecule has 0 atom stereocenters. The third-order valence-corrected chi connectivity index (χ3v) is 2.51. The van der Waals surface area contributed by atoms with Gasteiger partial charge in [0.05, 0.1) is 0 Å². The smallest absolute Gasteiger partial charge is 0.159 e. The van der Waals surface area contributed by atoms with Gasteiger partial charge in [-0.05, 0) is 51.5 Å². The fourth-order valence-electron chi connectivity index (χ4n) is 1.52. The summed E-state index contributed by atoms with van der Waals surface area (Å²) in [7, 11) is 0. The van der Waals surface area contributed by atoms with Gasteiger partial charge in [0.15, 0.2) is 5.78 Å². The summed E-state index contributed by atoms with van der Waals surface area (Å²) in [6.07, 6.45) is 0.682. The summed E-state index contributed by atoms with van der Waals surface area (Å²) in [6.45, 7) is 5.77. The van der Waals surface area contributed by atoms with Crippen molar-refractivity contribution < 1.29 is 9.90 Å². The first kappa shape index (κ1) is 12.7. The molecule has 0 aliphatic carbocycles. The first-order valence-electron chi connectivity index (χ1n) is 5.45. The van der Waals surface area contributed by atoms with Crippen LogP contribution in [0, 0.1) is 0 Å². The lowest BCUT2D eigenvalue weighted by molar-refractivity contribution is 0.101. The van der Waals surface area contributed by atoms with Crippen LogP contribution in [0.5, 0.6) is 0 Å². The Balaban J connectivity index is 2.72. The zero-order chi connectivity index (χ0) is 12.2. The Morgan fingerprint density at radius 2 is 1.88 bits per heavy atom. The molecule has 0 amide bonds. The Labute approximate surface area is 96.5 Å². The van der Waals surface area contributed by atoms with E-state index in [2.05, 4.69) is 5.32 Å². The summed E-state index contributed by atoms with van der Waals surface area (Å²) in [5.41, 5.74) is 1.53. The van der Waals surface area contributed by atoms with E-state index in [9.17, 15) is 4.79 Å². The highest BCUT2D eigenvalue weighted by molar-refractivity contribution is 5.94. The summed E-state index contributed by atoms with van der Waals surface area (Å²) in [6, 6.07) is 7.38. The van der Waals surface area contributed by atoms with E-state index >= 15 is 0 Å². The molecule has 2 N–H and O–H groups in total. The molecule has 88 valence electrons. The number of benzene rings is 1. The second-order valence-electron chi connectivity index (χ2n) is 4.62. The SMILES string of the molecule is CC(=O)c1ccc(NC(C)(C)CCO)cc1. The van der Waals surface area contributed by atoms with Crippen LogP contribution >= 0.6 is 0 Å². The summed E-state index contributed by atoms with van der Waals surface area (Å²) < 4.78 is 0. The molecular weight excluding hydrogens is 202 g/mol. The monoisotopic (exact) mass is 221 g/mol. The molecular formula is C13H19NO2. The summed E-state index contributed by atoms with van der Waals surface area (Å²) in [5.74, 6) is 0.0705. The average molecular weight is 221 g/mol. The summed E-state index contributed by atoms with van der Waals surface area (Å²) >= 11 is 0. The van der Waals surface area contributed by atoms with E-state index in [0.29, 0.717) is 12.0 Å². The zero-order valence-electron chi connectivity index (χ0n) is 10.1. The minimum atomic E-state index is -0.146. The first-order valence-corrected chi connectivity index (χ1v) is 5.45. The number of aliphatic hydroxyl groups is 1. The van der Waals surface area contributed by atoms with Crippen molar-refractivity contribution in [2.45, 2.75) is 32.7 Å². The molecule has 0 unspecified atom stereocenters. The van der Waals surface area contributed by atoms with Crippen LogP contribution in [0.2, 0.25) is 0 Å². The molecule has 0 aromatic heterocycles. The first-order chi connectivity index (χ1) is 7.44. The van der Waals surface area contributed by atoms with Gasteiger partial charge in [0.1, 0.15) is 0 Å². The number of carbonyl (C=O) groups excluding carboxylic acids is 1. The molecule has 3 nitrogen and oxygen atoms in total. The lowest BCUT2D eigenvalue weighted by Gasteiger charge is -2.26. The number of ketones is 1. The molecule has 1 aromatic carbocycles. The number of nitrogens with one attached hydrogen (secondary N) is 1. The van der Waals surface area contributed by atoms with Crippen molar-refractivity contribution in [1.82, 2.24) is 0 Å². The Hall–Kier alpha value is -1.35. The summed E-state index contributed by atoms with van der Waals surface area (Å²) in [5, 5.41) is 12.2. The van der Waals surface area contributed by atoms with Crippen molar-refractivity contribution in [1.29, 1.82) is 0 Å². The predicted octanol–water partition coefficient (Wildman–Crippen LogP) is 2.46. The molecule has 0 saturated carbocycles. The molecule has 16 heavy (non-hydrogen) atoms. The van der Waals surface area contributed by atoms with E-state index in [1.807, 2.05) is 26.0 Å². The molecule has 1 aromatic rings. The van der Waals surface area contributed by atoms with Crippen molar-refractivity contribution in [3.05, 3.63) is 29.8 Å². The Morgan fingerprint density at radius 1 is 1.31 bits per heavy atom. The van der Waals surface area contributed by atoms with Gasteiger partial charge in [-0.25, -0.2) is 0 Å². The maximum absolute atomic E-state index is 11.1. The number of rotatable bonds is 5. The normalized spacial score (nSPS) is 11.2. The van der Waals surface area contributed by atoms with Gasteiger partial charge in [-0.1, -0.05) is 0 Å². The van der Waals surface area contributed by atoms with Gasteiger partial charge >= 0.3 is 0 Å². The van der Waals surface area contributed by atoms with Crippen molar-refractivity contribution in [2.75, 3.05) is 11.9 Å². The van der Waals surface area contributed by atoms with E-state index in [1.54, 1.807) is 19.1 Å². The van der Waals surface area contributed by atoms with Gasteiger partial charge in [-0.15, -0.1) is 0 Å². The molecule has 0 fully saturated rings. The van der Waals surface area contributed by atoms with E-state index in [-0.39, 0.29) is 17.9 Å². The highest BCUT2D eigenvalue weighted by atomic mass is 16.3. The summed E-state index contributed by atoms with van der Waals surface area (Å²) in [4.78, 5) is 11.1. The molecule has 0 spiro atoms. The van der Waals surface area contributed by atoms with Crippen LogP contribution in [0.1, 0.15) is 37.6 Å². The van der Waals surface area contributed by atoms with Crippen LogP contribution < -0.4 is 5.32 Å². The average Bonchev–Trinajstić information content (AvgIpc) is 2.17. The van der Waals surface area contributed by atoms with Crippen LogP contribution in [0.4, 0.5) is 5.69 Å². The Morgan fingerprint density at radius 3 is 2.31 bits per heavy atom. The maximum atomic E-state index is 11.1. The predicted molar refractivity (Wildman–Crippen MR) is 65.9 cm³/mol. The lowest BCUT2D eigenvalue weighted by Crippen LogP contribution is -2.31. The van der Waals surface area contributed by atoms with Gasteiger partial charge in [0.2, 0.25) is 0 Å². The lowest BCUT2D eigenvalue weighted by atomic mass is 10.0. The third kappa shape index (κ3) is 3.66. The molecule has 0 heterocycles. The largest absolute Gasteiger partial charge is 0.396 e. The minimum absolute atomic E-state index is 0.0705. The molecule has 3 heteroatoms. The quantitative estimate of drug-likeness (QED) is 0.751. The number of aliphatic hydroxyl groups excluding tert-OH is 1. The molecule has 0 aliphatic heterocycles. The fraction of sp³-hybridized carbons (Fsp3) is 0.462. The standard InChI is InChI=1S/C13H19NO2/c1-10(16)11-4-6-12(7-5-11)14-13(2,3)8-9-15/h4-7,14-15H,8-9H2,1-3H3. The van der Waals surface area contributed by atoms with Gasteiger partial charge < -0.3 is 10.4 Å². The van der Waals surface area contributed by atoms with E-state index < -0.39 is 0 Å². The molecule has 1 rings (SSSR count). The van der Waals surface area contributed by atoms with E-state index in [0.717, 1.165) is 5.69 Å². The molecule has 0 radical (unpaired) electrons. The third-order valence-electron chi connectivity index (χ3n) is 2.51. The maximum Gasteiger partial charge on any atom is 0.159 e. The van der Waals surface area contributed by atoms with Crippen LogP contribution in [-0.4, -0.2) is 23.0 Å². The van der Waals surface area contributed by atoms with Crippen molar-refractivity contribution in [2.24, 2.45) is 0 Å². The Bertz CT molecular complexity index is 355. The van der Waals surface area contributed by atoms with Crippen molar-refractivity contribution in [3.8, 4) is 0 Å². The van der Waals surface area contributed by atoms with Crippen molar-refractivity contribution >= 4 is 11.5 Å². The molecule has 0 saturated heterocycles. The van der Waals surface area contributed by atoms with Crippen LogP contribution in [0.15, 0.2) is 24.3 Å². The molecule has 0 bridgehead atoms. The van der Waals surface area contributed by atoms with Gasteiger partial charge in [0.25, 0.3) is 0 Å². The number of hydrogen-bond donors (Lipinski definition) is 2. The van der Waals surface area contributed by atoms with Crippen LogP contribution in [0.3, 0.4) is 0 Å². The number of anilines is 1. The topological polar surface area (TPSA) is 49.3 Å². The van der Waals surface area contributed by atoms with Crippen LogP contribution in [0.25, 0.3) is 0 Å². The highest BCUT2D eigenvalue weighted by Gasteiger charge is 2.16. The number of carbonyl (C=O) groups is 1. The zero-order valence-corrected chi connectivity index (χ0v) is 10.1.